The molecule has 2 heteroatoms. The standard InChI is InChI=1S/C9H15NS/c1-2-6-11-9-5-3-4-8(9)7-10/h8-9H,2-6H2,1H3. The molecule has 1 fully saturated rings. The van der Waals surface area contributed by atoms with Crippen molar-refractivity contribution in [2.75, 3.05) is 5.75 Å². The summed E-state index contributed by atoms with van der Waals surface area (Å²) in [4.78, 5) is 0. The molecule has 1 aliphatic rings. The van der Waals surface area contributed by atoms with Gasteiger partial charge in [-0.1, -0.05) is 13.3 Å². The number of rotatable bonds is 3. The summed E-state index contributed by atoms with van der Waals surface area (Å²) in [6, 6.07) is 2.40. The molecule has 0 spiro atoms. The van der Waals surface area contributed by atoms with Gasteiger partial charge in [0.05, 0.1) is 12.0 Å². The SMILES string of the molecule is CCCSC1CCCC1C#N. The van der Waals surface area contributed by atoms with E-state index in [2.05, 4.69) is 13.0 Å². The zero-order valence-electron chi connectivity index (χ0n) is 7.05. The monoisotopic (exact) mass is 169 g/mol. The van der Waals surface area contributed by atoms with Gasteiger partial charge < -0.3 is 0 Å². The van der Waals surface area contributed by atoms with Gasteiger partial charge >= 0.3 is 0 Å². The first-order valence-electron chi connectivity index (χ1n) is 4.39. The van der Waals surface area contributed by atoms with Gasteiger partial charge in [-0.25, -0.2) is 0 Å². The third kappa shape index (κ3) is 2.41. The highest BCUT2D eigenvalue weighted by Gasteiger charge is 2.26. The largest absolute Gasteiger partial charge is 0.198 e. The Labute approximate surface area is 73.2 Å². The molecule has 1 saturated carbocycles. The van der Waals surface area contributed by atoms with Crippen LogP contribution in [-0.2, 0) is 0 Å². The molecule has 0 N–H and O–H groups in total. The lowest BCUT2D eigenvalue weighted by molar-refractivity contribution is 0.714. The van der Waals surface area contributed by atoms with Gasteiger partial charge in [-0.05, 0) is 25.0 Å². The topological polar surface area (TPSA) is 23.8 Å². The molecule has 0 amide bonds. The fourth-order valence-corrected chi connectivity index (χ4v) is 2.84. The normalized spacial score (nSPS) is 30.2. The summed E-state index contributed by atoms with van der Waals surface area (Å²) in [6.07, 6.45) is 4.90. The summed E-state index contributed by atoms with van der Waals surface area (Å²) in [5.41, 5.74) is 0. The maximum atomic E-state index is 8.77. The molecule has 0 aromatic rings. The quantitative estimate of drug-likeness (QED) is 0.648. The maximum absolute atomic E-state index is 8.77. The van der Waals surface area contributed by atoms with E-state index in [0.29, 0.717) is 11.2 Å². The summed E-state index contributed by atoms with van der Waals surface area (Å²) in [7, 11) is 0. The second-order valence-corrected chi connectivity index (χ2v) is 4.42. The Balaban J connectivity index is 2.27. The molecule has 1 rings (SSSR count). The number of nitrogens with zero attached hydrogens (tertiary/aromatic N) is 1. The predicted octanol–water partition coefficient (Wildman–Crippen LogP) is 2.82. The van der Waals surface area contributed by atoms with Crippen LogP contribution in [0.3, 0.4) is 0 Å². The predicted molar refractivity (Wildman–Crippen MR) is 49.5 cm³/mol. The van der Waals surface area contributed by atoms with Crippen molar-refractivity contribution >= 4 is 11.8 Å². The minimum absolute atomic E-state index is 0.353. The van der Waals surface area contributed by atoms with Crippen LogP contribution in [-0.4, -0.2) is 11.0 Å². The average molecular weight is 169 g/mol. The van der Waals surface area contributed by atoms with Crippen molar-refractivity contribution in [3.63, 3.8) is 0 Å². The molecule has 1 nitrogen and oxygen atoms in total. The van der Waals surface area contributed by atoms with Gasteiger partial charge in [-0.3, -0.25) is 0 Å². The molecule has 2 unspecified atom stereocenters. The van der Waals surface area contributed by atoms with E-state index in [4.69, 9.17) is 5.26 Å². The molecule has 2 atom stereocenters. The van der Waals surface area contributed by atoms with Crippen LogP contribution in [0.15, 0.2) is 0 Å². The molecule has 62 valence electrons. The lowest BCUT2D eigenvalue weighted by Crippen LogP contribution is -2.07. The Kier molecular flexibility index (Phi) is 3.79. The Morgan fingerprint density at radius 2 is 2.36 bits per heavy atom. The highest BCUT2D eigenvalue weighted by atomic mass is 32.2. The van der Waals surface area contributed by atoms with Crippen molar-refractivity contribution in [2.45, 2.75) is 37.9 Å². The van der Waals surface area contributed by atoms with Gasteiger partial charge in [0.15, 0.2) is 0 Å². The van der Waals surface area contributed by atoms with E-state index >= 15 is 0 Å². The Morgan fingerprint density at radius 1 is 1.55 bits per heavy atom. The zero-order chi connectivity index (χ0) is 8.10. The summed E-state index contributed by atoms with van der Waals surface area (Å²) in [5, 5.41) is 9.43. The molecule has 0 aromatic heterocycles. The Bertz CT molecular complexity index is 150. The minimum atomic E-state index is 0.353. The van der Waals surface area contributed by atoms with Crippen molar-refractivity contribution < 1.29 is 0 Å². The van der Waals surface area contributed by atoms with Gasteiger partial charge in [0.1, 0.15) is 0 Å². The van der Waals surface area contributed by atoms with Gasteiger partial charge in [0.25, 0.3) is 0 Å². The van der Waals surface area contributed by atoms with Crippen molar-refractivity contribution in [3.8, 4) is 6.07 Å². The lowest BCUT2D eigenvalue weighted by atomic mass is 10.1. The van der Waals surface area contributed by atoms with Crippen LogP contribution >= 0.6 is 11.8 Å². The maximum Gasteiger partial charge on any atom is 0.0667 e. The van der Waals surface area contributed by atoms with E-state index in [1.807, 2.05) is 11.8 Å². The number of thioether (sulfide) groups is 1. The summed E-state index contributed by atoms with van der Waals surface area (Å²) in [5.74, 6) is 1.58. The van der Waals surface area contributed by atoms with Gasteiger partial charge in [0.2, 0.25) is 0 Å². The first kappa shape index (κ1) is 8.93. The molecule has 1 aliphatic carbocycles. The van der Waals surface area contributed by atoms with Crippen LogP contribution in [0.4, 0.5) is 0 Å². The first-order chi connectivity index (χ1) is 5.38. The summed E-state index contributed by atoms with van der Waals surface area (Å²) < 4.78 is 0. The third-order valence-corrected chi connectivity index (χ3v) is 3.79. The van der Waals surface area contributed by atoms with Gasteiger partial charge in [-0.2, -0.15) is 17.0 Å². The van der Waals surface area contributed by atoms with Crippen LogP contribution in [0.2, 0.25) is 0 Å². The molecule has 0 aliphatic heterocycles. The fraction of sp³-hybridized carbons (Fsp3) is 0.889. The molecule has 0 saturated heterocycles. The lowest BCUT2D eigenvalue weighted by Gasteiger charge is -2.11. The fourth-order valence-electron chi connectivity index (χ4n) is 1.54. The van der Waals surface area contributed by atoms with Crippen molar-refractivity contribution in [2.24, 2.45) is 5.92 Å². The second kappa shape index (κ2) is 4.66. The summed E-state index contributed by atoms with van der Waals surface area (Å²) in [6.45, 7) is 2.20. The molecule has 0 radical (unpaired) electrons. The van der Waals surface area contributed by atoms with Crippen LogP contribution in [0.25, 0.3) is 0 Å². The second-order valence-electron chi connectivity index (χ2n) is 3.08. The van der Waals surface area contributed by atoms with Crippen LogP contribution in [0, 0.1) is 17.2 Å². The van der Waals surface area contributed by atoms with E-state index in [1.165, 1.54) is 25.0 Å². The molecule has 0 aromatic carbocycles. The smallest absolute Gasteiger partial charge is 0.0667 e. The van der Waals surface area contributed by atoms with Crippen molar-refractivity contribution in [1.29, 1.82) is 5.26 Å². The van der Waals surface area contributed by atoms with Gasteiger partial charge in [-0.15, -0.1) is 0 Å². The zero-order valence-corrected chi connectivity index (χ0v) is 7.86. The Morgan fingerprint density at radius 3 is 3.00 bits per heavy atom. The van der Waals surface area contributed by atoms with Crippen LogP contribution in [0.5, 0.6) is 0 Å². The van der Waals surface area contributed by atoms with Crippen molar-refractivity contribution in [3.05, 3.63) is 0 Å². The third-order valence-electron chi connectivity index (χ3n) is 2.15. The molecule has 0 bridgehead atoms. The molecule has 11 heavy (non-hydrogen) atoms. The molecular formula is C9H15NS. The average Bonchev–Trinajstić information content (AvgIpc) is 2.47. The van der Waals surface area contributed by atoms with E-state index in [1.54, 1.807) is 0 Å². The van der Waals surface area contributed by atoms with Crippen LogP contribution < -0.4 is 0 Å². The van der Waals surface area contributed by atoms with E-state index in [-0.39, 0.29) is 0 Å². The number of hydrogen-bond acceptors (Lipinski definition) is 2. The van der Waals surface area contributed by atoms with E-state index < -0.39 is 0 Å². The van der Waals surface area contributed by atoms with E-state index in [9.17, 15) is 0 Å². The minimum Gasteiger partial charge on any atom is -0.198 e. The number of hydrogen-bond donors (Lipinski definition) is 0. The molecular weight excluding hydrogens is 154 g/mol. The molecule has 0 heterocycles. The van der Waals surface area contributed by atoms with Gasteiger partial charge in [0, 0.05) is 5.25 Å². The number of nitriles is 1. The Hall–Kier alpha value is -0.160. The van der Waals surface area contributed by atoms with Crippen molar-refractivity contribution in [1.82, 2.24) is 0 Å². The summed E-state index contributed by atoms with van der Waals surface area (Å²) >= 11 is 1.99. The first-order valence-corrected chi connectivity index (χ1v) is 5.44. The van der Waals surface area contributed by atoms with Crippen LogP contribution in [0.1, 0.15) is 32.6 Å². The highest BCUT2D eigenvalue weighted by molar-refractivity contribution is 7.99. The van der Waals surface area contributed by atoms with E-state index in [0.717, 1.165) is 6.42 Å². The highest BCUT2D eigenvalue weighted by Crippen LogP contribution is 2.34.